The molecule has 2 heterocycles. The number of benzene rings is 9. The van der Waals surface area contributed by atoms with Gasteiger partial charge in [0.25, 0.3) is 0 Å². The van der Waals surface area contributed by atoms with Crippen LogP contribution in [0.2, 0.25) is 0 Å². The summed E-state index contributed by atoms with van der Waals surface area (Å²) in [4.78, 5) is 0. The summed E-state index contributed by atoms with van der Waals surface area (Å²) >= 11 is 0. The van der Waals surface area contributed by atoms with Gasteiger partial charge in [-0.3, -0.25) is 0 Å². The summed E-state index contributed by atoms with van der Waals surface area (Å²) in [5.41, 5.74) is 10.0. The molecule has 0 aliphatic heterocycles. The van der Waals surface area contributed by atoms with Crippen LogP contribution in [0.15, 0.2) is 185 Å². The number of hydrogen-bond acceptors (Lipinski definition) is 2. The molecule has 2 aromatic heterocycles. The van der Waals surface area contributed by atoms with Gasteiger partial charge in [-0.15, -0.1) is 0 Å². The van der Waals surface area contributed by atoms with E-state index in [1.165, 1.54) is 60.1 Å². The van der Waals surface area contributed by atoms with Gasteiger partial charge in [0.15, 0.2) is 0 Å². The quantitative estimate of drug-likeness (QED) is 0.173. The normalized spacial score (nSPS) is 11.9. The second-order valence-corrected chi connectivity index (χ2v) is 14.0. The third-order valence-electron chi connectivity index (χ3n) is 11.0. The fraction of sp³-hybridized carbons (Fsp3) is 0.0196. The van der Waals surface area contributed by atoms with Gasteiger partial charge >= 0.3 is 0 Å². The van der Waals surface area contributed by atoms with E-state index in [1.54, 1.807) is 0 Å². The average molecular weight is 677 g/mol. The molecule has 248 valence electrons. The summed E-state index contributed by atoms with van der Waals surface area (Å²) in [6, 6.07) is 63.2. The molecule has 0 atom stereocenters. The Hall–Kier alpha value is -6.90. The van der Waals surface area contributed by atoms with Gasteiger partial charge in [0.1, 0.15) is 22.7 Å². The van der Waals surface area contributed by atoms with Crippen molar-refractivity contribution < 1.29 is 8.83 Å². The van der Waals surface area contributed by atoms with Crippen LogP contribution in [-0.2, 0) is 0 Å². The molecule has 2 heteroatoms. The van der Waals surface area contributed by atoms with E-state index >= 15 is 0 Å². The van der Waals surface area contributed by atoms with Gasteiger partial charge < -0.3 is 8.83 Å². The first kappa shape index (κ1) is 29.8. The van der Waals surface area contributed by atoms with Crippen LogP contribution < -0.4 is 0 Å². The molecule has 0 amide bonds. The molecule has 0 fully saturated rings. The van der Waals surface area contributed by atoms with Crippen LogP contribution in [0.4, 0.5) is 0 Å². The summed E-state index contributed by atoms with van der Waals surface area (Å²) in [5.74, 6) is 1.78. The lowest BCUT2D eigenvalue weighted by Gasteiger charge is -2.17. The Morgan fingerprint density at radius 3 is 1.36 bits per heavy atom. The Bertz CT molecular complexity index is 3120. The van der Waals surface area contributed by atoms with E-state index in [2.05, 4.69) is 170 Å². The van der Waals surface area contributed by atoms with E-state index in [4.69, 9.17) is 8.83 Å². The summed E-state index contributed by atoms with van der Waals surface area (Å²) in [6.07, 6.45) is 0. The van der Waals surface area contributed by atoms with E-state index in [0.29, 0.717) is 0 Å². The summed E-state index contributed by atoms with van der Waals surface area (Å²) < 4.78 is 13.1. The Kier molecular flexibility index (Phi) is 6.50. The van der Waals surface area contributed by atoms with Gasteiger partial charge in [0.2, 0.25) is 0 Å². The van der Waals surface area contributed by atoms with Crippen LogP contribution in [-0.4, -0.2) is 0 Å². The molecular weight excluding hydrogens is 645 g/mol. The molecule has 11 rings (SSSR count). The predicted octanol–water partition coefficient (Wildman–Crippen LogP) is 14.8. The standard InChI is InChI=1S/C51H32O2/c1-31-26-28-46(52-31)50-40-22-11-9-20-38(40)49(39-21-10-12-23-41(39)50)43-25-13-24-42-44-30-33(27-29-45(44)53-51(42)43)48-36-18-7-5-16-34(36)47(32-14-3-2-4-15-32)35-17-6-8-19-37(35)48/h2-30H,1H3. The molecule has 9 aromatic carbocycles. The van der Waals surface area contributed by atoms with Gasteiger partial charge in [-0.2, -0.15) is 0 Å². The third kappa shape index (κ3) is 4.46. The molecule has 0 aliphatic carbocycles. The zero-order valence-corrected chi connectivity index (χ0v) is 29.1. The lowest BCUT2D eigenvalue weighted by Crippen LogP contribution is -1.90. The van der Waals surface area contributed by atoms with Crippen LogP contribution in [0.3, 0.4) is 0 Å². The highest BCUT2D eigenvalue weighted by Gasteiger charge is 2.22. The highest BCUT2D eigenvalue weighted by atomic mass is 16.3. The van der Waals surface area contributed by atoms with Crippen molar-refractivity contribution >= 4 is 65.0 Å². The molecule has 0 N–H and O–H groups in total. The maximum Gasteiger partial charge on any atom is 0.143 e. The van der Waals surface area contributed by atoms with Crippen LogP contribution in [0, 0.1) is 6.92 Å². The highest BCUT2D eigenvalue weighted by molar-refractivity contribution is 6.25. The third-order valence-corrected chi connectivity index (χ3v) is 11.0. The van der Waals surface area contributed by atoms with Crippen molar-refractivity contribution in [3.63, 3.8) is 0 Å². The SMILES string of the molecule is Cc1ccc(-c2c3ccccc3c(-c3cccc4c3oc3ccc(-c5c6ccccc6c(-c6ccccc6)c6ccccc56)cc34)c3ccccc23)o1. The van der Waals surface area contributed by atoms with Crippen molar-refractivity contribution in [1.82, 2.24) is 0 Å². The fourth-order valence-corrected chi connectivity index (χ4v) is 8.76. The van der Waals surface area contributed by atoms with Crippen molar-refractivity contribution in [2.24, 2.45) is 0 Å². The van der Waals surface area contributed by atoms with Crippen LogP contribution in [0.1, 0.15) is 5.76 Å². The first-order valence-electron chi connectivity index (χ1n) is 18.2. The molecule has 11 aromatic rings. The second kappa shape index (κ2) is 11.6. The molecule has 0 radical (unpaired) electrons. The molecular formula is C51H32O2. The van der Waals surface area contributed by atoms with E-state index in [-0.39, 0.29) is 0 Å². The van der Waals surface area contributed by atoms with E-state index in [9.17, 15) is 0 Å². The zero-order chi connectivity index (χ0) is 35.0. The molecule has 0 saturated heterocycles. The molecule has 0 bridgehead atoms. The number of rotatable bonds is 4. The largest absolute Gasteiger partial charge is 0.461 e. The van der Waals surface area contributed by atoms with Gasteiger partial charge in [-0.25, -0.2) is 0 Å². The first-order valence-corrected chi connectivity index (χ1v) is 18.2. The molecule has 0 unspecified atom stereocenters. The molecule has 0 aliphatic rings. The highest BCUT2D eigenvalue weighted by Crippen LogP contribution is 2.48. The predicted molar refractivity (Wildman–Crippen MR) is 222 cm³/mol. The molecule has 0 saturated carbocycles. The molecule has 2 nitrogen and oxygen atoms in total. The Morgan fingerprint density at radius 1 is 0.321 bits per heavy atom. The van der Waals surface area contributed by atoms with Crippen molar-refractivity contribution in [2.45, 2.75) is 6.92 Å². The molecule has 0 spiro atoms. The minimum absolute atomic E-state index is 0.877. The van der Waals surface area contributed by atoms with Gasteiger partial charge in [0, 0.05) is 27.5 Å². The van der Waals surface area contributed by atoms with Crippen LogP contribution in [0.25, 0.3) is 110 Å². The Morgan fingerprint density at radius 2 is 0.811 bits per heavy atom. The minimum atomic E-state index is 0.877. The average Bonchev–Trinajstić information content (AvgIpc) is 3.82. The number of hydrogen-bond donors (Lipinski definition) is 0. The van der Waals surface area contributed by atoms with Gasteiger partial charge in [-0.1, -0.05) is 152 Å². The van der Waals surface area contributed by atoms with E-state index < -0.39 is 0 Å². The monoisotopic (exact) mass is 676 g/mol. The smallest absolute Gasteiger partial charge is 0.143 e. The van der Waals surface area contributed by atoms with Crippen molar-refractivity contribution in [3.8, 4) is 44.7 Å². The Labute approximate surface area is 306 Å². The van der Waals surface area contributed by atoms with Crippen molar-refractivity contribution in [2.75, 3.05) is 0 Å². The summed E-state index contributed by atoms with van der Waals surface area (Å²) in [7, 11) is 0. The lowest BCUT2D eigenvalue weighted by atomic mass is 9.85. The number of para-hydroxylation sites is 1. The lowest BCUT2D eigenvalue weighted by molar-refractivity contribution is 0.549. The van der Waals surface area contributed by atoms with E-state index in [1.807, 2.05) is 13.0 Å². The summed E-state index contributed by atoms with van der Waals surface area (Å²) in [5, 5.41) is 11.8. The number of aryl methyl sites for hydroxylation is 1. The number of furan rings is 2. The fourth-order valence-electron chi connectivity index (χ4n) is 8.76. The summed E-state index contributed by atoms with van der Waals surface area (Å²) in [6.45, 7) is 2.00. The van der Waals surface area contributed by atoms with Gasteiger partial charge in [0.05, 0.1) is 0 Å². The Balaban J connectivity index is 1.18. The maximum atomic E-state index is 6.88. The van der Waals surface area contributed by atoms with Gasteiger partial charge in [-0.05, 0) is 96.5 Å². The maximum absolute atomic E-state index is 6.88. The topological polar surface area (TPSA) is 26.3 Å². The van der Waals surface area contributed by atoms with Crippen molar-refractivity contribution in [3.05, 3.63) is 182 Å². The number of fused-ring (bicyclic) bond motifs is 7. The zero-order valence-electron chi connectivity index (χ0n) is 29.1. The van der Waals surface area contributed by atoms with Crippen molar-refractivity contribution in [1.29, 1.82) is 0 Å². The van der Waals surface area contributed by atoms with Crippen LogP contribution >= 0.6 is 0 Å². The van der Waals surface area contributed by atoms with Crippen LogP contribution in [0.5, 0.6) is 0 Å². The van der Waals surface area contributed by atoms with E-state index in [0.717, 1.165) is 55.4 Å². The second-order valence-electron chi connectivity index (χ2n) is 14.0. The first-order chi connectivity index (χ1) is 26.2. The minimum Gasteiger partial charge on any atom is -0.461 e. The molecule has 53 heavy (non-hydrogen) atoms.